The van der Waals surface area contributed by atoms with Crippen LogP contribution in [0.3, 0.4) is 0 Å². The average Bonchev–Trinajstić information content (AvgIpc) is 2.70. The highest BCUT2D eigenvalue weighted by molar-refractivity contribution is 4.59. The van der Waals surface area contributed by atoms with E-state index in [4.69, 9.17) is 37.9 Å². The SMILES string of the molecule is CCOCCOCCOCCOCCOCCOCCOCCOCCC(C)(C)C. The van der Waals surface area contributed by atoms with Gasteiger partial charge in [-0.05, 0) is 18.8 Å². The van der Waals surface area contributed by atoms with Crippen molar-refractivity contribution in [2.24, 2.45) is 5.41 Å². The monoisotopic (exact) mass is 438 g/mol. The largest absolute Gasteiger partial charge is 0.379 e. The molecule has 0 radical (unpaired) electrons. The van der Waals surface area contributed by atoms with Crippen LogP contribution >= 0.6 is 0 Å². The van der Waals surface area contributed by atoms with E-state index in [1.165, 1.54) is 0 Å². The van der Waals surface area contributed by atoms with Crippen molar-refractivity contribution < 1.29 is 37.9 Å². The molecule has 0 N–H and O–H groups in total. The lowest BCUT2D eigenvalue weighted by Gasteiger charge is -2.17. The second-order valence-corrected chi connectivity index (χ2v) is 7.79. The van der Waals surface area contributed by atoms with Crippen LogP contribution in [0.4, 0.5) is 0 Å². The lowest BCUT2D eigenvalue weighted by atomic mass is 9.93. The van der Waals surface area contributed by atoms with Gasteiger partial charge < -0.3 is 37.9 Å². The molecular weight excluding hydrogens is 392 g/mol. The molecule has 182 valence electrons. The van der Waals surface area contributed by atoms with Crippen LogP contribution in [0, 0.1) is 5.41 Å². The molecule has 0 saturated carbocycles. The Hall–Kier alpha value is -0.320. The smallest absolute Gasteiger partial charge is 0.0701 e. The van der Waals surface area contributed by atoms with Gasteiger partial charge in [0.1, 0.15) is 0 Å². The maximum absolute atomic E-state index is 5.54. The van der Waals surface area contributed by atoms with Crippen LogP contribution in [0.1, 0.15) is 34.1 Å². The second-order valence-electron chi connectivity index (χ2n) is 7.79. The van der Waals surface area contributed by atoms with Gasteiger partial charge in [-0.25, -0.2) is 0 Å². The number of rotatable bonds is 24. The highest BCUT2D eigenvalue weighted by atomic mass is 16.6. The molecule has 0 spiro atoms. The maximum Gasteiger partial charge on any atom is 0.0701 e. The third-order valence-corrected chi connectivity index (χ3v) is 3.80. The van der Waals surface area contributed by atoms with Crippen molar-refractivity contribution >= 4 is 0 Å². The van der Waals surface area contributed by atoms with Gasteiger partial charge in [0.2, 0.25) is 0 Å². The molecule has 0 atom stereocenters. The summed E-state index contributed by atoms with van der Waals surface area (Å²) in [5, 5.41) is 0. The van der Waals surface area contributed by atoms with E-state index < -0.39 is 0 Å². The van der Waals surface area contributed by atoms with Gasteiger partial charge in [0.15, 0.2) is 0 Å². The molecule has 0 amide bonds. The zero-order valence-corrected chi connectivity index (χ0v) is 19.8. The molecule has 0 unspecified atom stereocenters. The van der Waals surface area contributed by atoms with Crippen LogP contribution in [-0.2, 0) is 37.9 Å². The van der Waals surface area contributed by atoms with Gasteiger partial charge in [0, 0.05) is 13.2 Å². The topological polar surface area (TPSA) is 73.8 Å². The zero-order valence-electron chi connectivity index (χ0n) is 19.8. The summed E-state index contributed by atoms with van der Waals surface area (Å²) < 4.78 is 43.2. The Morgan fingerprint density at radius 2 is 0.600 bits per heavy atom. The Bertz CT molecular complexity index is 323. The van der Waals surface area contributed by atoms with E-state index in [1.807, 2.05) is 6.92 Å². The first-order valence-corrected chi connectivity index (χ1v) is 11.2. The summed E-state index contributed by atoms with van der Waals surface area (Å²) in [5.74, 6) is 0. The molecule has 0 rings (SSSR count). The van der Waals surface area contributed by atoms with Crippen molar-refractivity contribution in [3.8, 4) is 0 Å². The highest BCUT2D eigenvalue weighted by Crippen LogP contribution is 2.17. The van der Waals surface area contributed by atoms with Crippen molar-refractivity contribution in [1.29, 1.82) is 0 Å². The summed E-state index contributed by atoms with van der Waals surface area (Å²) in [6.07, 6.45) is 1.06. The summed E-state index contributed by atoms with van der Waals surface area (Å²) in [6.45, 7) is 18.2. The minimum atomic E-state index is 0.316. The van der Waals surface area contributed by atoms with Crippen LogP contribution in [0.5, 0.6) is 0 Å². The predicted octanol–water partition coefficient (Wildman–Crippen LogP) is 2.58. The van der Waals surface area contributed by atoms with Crippen molar-refractivity contribution in [3.63, 3.8) is 0 Å². The Kier molecular flexibility index (Phi) is 23.1. The number of ether oxygens (including phenoxy) is 8. The predicted molar refractivity (Wildman–Crippen MR) is 116 cm³/mol. The highest BCUT2D eigenvalue weighted by Gasteiger charge is 2.08. The van der Waals surface area contributed by atoms with E-state index in [0.717, 1.165) is 19.6 Å². The van der Waals surface area contributed by atoms with Crippen LogP contribution in [0.2, 0.25) is 0 Å². The molecule has 0 bridgehead atoms. The fraction of sp³-hybridized carbons (Fsp3) is 1.00. The summed E-state index contributed by atoms with van der Waals surface area (Å²) in [6, 6.07) is 0. The number of hydrogen-bond acceptors (Lipinski definition) is 8. The number of hydrogen-bond donors (Lipinski definition) is 0. The van der Waals surface area contributed by atoms with Gasteiger partial charge in [-0.1, -0.05) is 20.8 Å². The molecule has 8 heteroatoms. The van der Waals surface area contributed by atoms with Gasteiger partial charge in [-0.3, -0.25) is 0 Å². The minimum absolute atomic E-state index is 0.316. The fourth-order valence-corrected chi connectivity index (χ4v) is 2.06. The Balaban J connectivity index is 3.02. The van der Waals surface area contributed by atoms with Crippen LogP contribution in [-0.4, -0.2) is 106 Å². The Morgan fingerprint density at radius 3 is 0.833 bits per heavy atom. The average molecular weight is 439 g/mol. The lowest BCUT2D eigenvalue weighted by molar-refractivity contribution is -0.0232. The minimum Gasteiger partial charge on any atom is -0.379 e. The molecule has 30 heavy (non-hydrogen) atoms. The van der Waals surface area contributed by atoms with Crippen LogP contribution < -0.4 is 0 Å². The van der Waals surface area contributed by atoms with Crippen molar-refractivity contribution in [1.82, 2.24) is 0 Å². The lowest BCUT2D eigenvalue weighted by Crippen LogP contribution is -2.15. The molecule has 0 aliphatic rings. The summed E-state index contributed by atoms with van der Waals surface area (Å²) in [4.78, 5) is 0. The molecule has 0 heterocycles. The maximum atomic E-state index is 5.54. The van der Waals surface area contributed by atoms with Crippen LogP contribution in [0.15, 0.2) is 0 Å². The van der Waals surface area contributed by atoms with Gasteiger partial charge in [0.05, 0.1) is 92.5 Å². The summed E-state index contributed by atoms with van der Waals surface area (Å²) in [5.41, 5.74) is 0.316. The Morgan fingerprint density at radius 1 is 0.367 bits per heavy atom. The van der Waals surface area contributed by atoms with Crippen LogP contribution in [0.25, 0.3) is 0 Å². The fourth-order valence-electron chi connectivity index (χ4n) is 2.06. The quantitative estimate of drug-likeness (QED) is 0.213. The molecule has 0 aliphatic heterocycles. The van der Waals surface area contributed by atoms with Gasteiger partial charge in [0.25, 0.3) is 0 Å². The normalized spacial score (nSPS) is 12.0. The summed E-state index contributed by atoms with van der Waals surface area (Å²) in [7, 11) is 0. The zero-order chi connectivity index (χ0) is 22.2. The van der Waals surface area contributed by atoms with E-state index in [9.17, 15) is 0 Å². The molecule has 0 aromatic rings. The van der Waals surface area contributed by atoms with E-state index in [2.05, 4.69) is 20.8 Å². The van der Waals surface area contributed by atoms with Crippen molar-refractivity contribution in [2.45, 2.75) is 34.1 Å². The van der Waals surface area contributed by atoms with Gasteiger partial charge in [-0.15, -0.1) is 0 Å². The van der Waals surface area contributed by atoms with Gasteiger partial charge >= 0.3 is 0 Å². The second kappa shape index (κ2) is 23.3. The molecule has 8 nitrogen and oxygen atoms in total. The van der Waals surface area contributed by atoms with E-state index in [1.54, 1.807) is 0 Å². The van der Waals surface area contributed by atoms with Gasteiger partial charge in [-0.2, -0.15) is 0 Å². The molecule has 0 fully saturated rings. The molecule has 0 aliphatic carbocycles. The first kappa shape index (κ1) is 29.7. The molecular formula is C22H46O8. The standard InChI is InChI=1S/C22H46O8/c1-5-23-8-9-25-12-13-27-16-17-29-20-21-30-19-18-28-15-14-26-11-10-24-7-6-22(2,3)4/h5-21H2,1-4H3. The molecule has 0 aromatic carbocycles. The van der Waals surface area contributed by atoms with Crippen molar-refractivity contribution in [2.75, 3.05) is 106 Å². The Labute approximate surface area is 183 Å². The van der Waals surface area contributed by atoms with E-state index in [-0.39, 0.29) is 0 Å². The molecule has 0 saturated heterocycles. The van der Waals surface area contributed by atoms with Crippen molar-refractivity contribution in [3.05, 3.63) is 0 Å². The molecule has 0 aromatic heterocycles. The van der Waals surface area contributed by atoms with E-state index in [0.29, 0.717) is 97.9 Å². The first-order chi connectivity index (χ1) is 14.6. The third kappa shape index (κ3) is 27.7. The third-order valence-electron chi connectivity index (χ3n) is 3.80. The van der Waals surface area contributed by atoms with E-state index >= 15 is 0 Å². The summed E-state index contributed by atoms with van der Waals surface area (Å²) >= 11 is 0. The first-order valence-electron chi connectivity index (χ1n) is 11.2.